The van der Waals surface area contributed by atoms with Gasteiger partial charge in [-0.15, -0.1) is 5.10 Å². The number of aryl methyl sites for hydroxylation is 1. The summed E-state index contributed by atoms with van der Waals surface area (Å²) in [4.78, 5) is 16.6. The second kappa shape index (κ2) is 9.70. The van der Waals surface area contributed by atoms with Crippen LogP contribution in [-0.2, 0) is 6.54 Å². The van der Waals surface area contributed by atoms with Gasteiger partial charge in [0.25, 0.3) is 5.91 Å². The van der Waals surface area contributed by atoms with E-state index in [0.717, 1.165) is 11.1 Å². The van der Waals surface area contributed by atoms with E-state index in [9.17, 15) is 14.3 Å². The second-order valence-corrected chi connectivity index (χ2v) is 7.74. The van der Waals surface area contributed by atoms with E-state index in [1.165, 1.54) is 16.9 Å². The molecule has 10 heteroatoms. The third-order valence-electron chi connectivity index (χ3n) is 5.28. The Balaban J connectivity index is 1.57. The summed E-state index contributed by atoms with van der Waals surface area (Å²) in [6.45, 7) is 4.12. The Morgan fingerprint density at radius 3 is 2.58 bits per heavy atom. The third-order valence-corrected chi connectivity index (χ3v) is 5.28. The standard InChI is InChI=1S/C23H24FN7O2/c1-16-3-8-22(31-25-9-10-26-31)20(13-16)23(33)30(11-12-32)17(2)14-29-15-21(27-28-29)18-4-6-19(24)7-5-18/h3-10,13,15,17,32H,11-12,14H2,1-2H3/t17-/m0/s1. The molecule has 0 spiro atoms. The number of hydrogen-bond acceptors (Lipinski definition) is 6. The molecule has 1 atom stereocenters. The number of carbonyl (C=O) groups is 1. The number of aliphatic hydroxyl groups excluding tert-OH is 1. The van der Waals surface area contributed by atoms with Gasteiger partial charge >= 0.3 is 0 Å². The van der Waals surface area contributed by atoms with Crippen molar-refractivity contribution in [3.63, 3.8) is 0 Å². The first kappa shape index (κ1) is 22.3. The second-order valence-electron chi connectivity index (χ2n) is 7.74. The molecular formula is C23H24FN7O2. The minimum atomic E-state index is -0.321. The summed E-state index contributed by atoms with van der Waals surface area (Å²) in [7, 11) is 0. The van der Waals surface area contributed by atoms with E-state index in [1.54, 1.807) is 52.4 Å². The van der Waals surface area contributed by atoms with E-state index in [2.05, 4.69) is 20.5 Å². The van der Waals surface area contributed by atoms with Crippen molar-refractivity contribution in [2.75, 3.05) is 13.2 Å². The first-order valence-corrected chi connectivity index (χ1v) is 10.5. The number of rotatable bonds is 8. The molecule has 0 unspecified atom stereocenters. The molecule has 33 heavy (non-hydrogen) atoms. The van der Waals surface area contributed by atoms with Crippen LogP contribution in [0.15, 0.2) is 61.1 Å². The zero-order valence-electron chi connectivity index (χ0n) is 18.3. The lowest BCUT2D eigenvalue weighted by atomic mass is 10.1. The van der Waals surface area contributed by atoms with Crippen molar-refractivity contribution < 1.29 is 14.3 Å². The number of aromatic nitrogens is 6. The van der Waals surface area contributed by atoms with Gasteiger partial charge in [0.05, 0.1) is 43.0 Å². The molecule has 0 aliphatic heterocycles. The van der Waals surface area contributed by atoms with Crippen molar-refractivity contribution in [1.82, 2.24) is 34.9 Å². The number of carbonyl (C=O) groups excluding carboxylic acids is 1. The van der Waals surface area contributed by atoms with Crippen molar-refractivity contribution in [3.8, 4) is 16.9 Å². The van der Waals surface area contributed by atoms with Crippen LogP contribution in [0.25, 0.3) is 16.9 Å². The van der Waals surface area contributed by atoms with Crippen LogP contribution >= 0.6 is 0 Å². The van der Waals surface area contributed by atoms with Gasteiger partial charge in [0, 0.05) is 18.2 Å². The Morgan fingerprint density at radius 1 is 1.15 bits per heavy atom. The van der Waals surface area contributed by atoms with Crippen LogP contribution in [0.4, 0.5) is 4.39 Å². The fourth-order valence-electron chi connectivity index (χ4n) is 3.63. The molecule has 2 heterocycles. The normalized spacial score (nSPS) is 12.0. The van der Waals surface area contributed by atoms with Gasteiger partial charge in [-0.1, -0.05) is 16.8 Å². The lowest BCUT2D eigenvalue weighted by Crippen LogP contribution is -2.43. The predicted octanol–water partition coefficient (Wildman–Crippen LogP) is 2.50. The van der Waals surface area contributed by atoms with Crippen LogP contribution < -0.4 is 0 Å². The highest BCUT2D eigenvalue weighted by molar-refractivity contribution is 5.98. The Bertz CT molecular complexity index is 1220. The summed E-state index contributed by atoms with van der Waals surface area (Å²) >= 11 is 0. The summed E-state index contributed by atoms with van der Waals surface area (Å²) in [5.41, 5.74) is 3.27. The van der Waals surface area contributed by atoms with Gasteiger partial charge in [0.2, 0.25) is 0 Å². The van der Waals surface area contributed by atoms with Gasteiger partial charge < -0.3 is 10.0 Å². The molecular weight excluding hydrogens is 425 g/mol. The average Bonchev–Trinajstić information content (AvgIpc) is 3.50. The Morgan fingerprint density at radius 2 is 1.88 bits per heavy atom. The summed E-state index contributed by atoms with van der Waals surface area (Å²) < 4.78 is 14.8. The largest absolute Gasteiger partial charge is 0.395 e. The highest BCUT2D eigenvalue weighted by Gasteiger charge is 2.25. The average molecular weight is 449 g/mol. The lowest BCUT2D eigenvalue weighted by Gasteiger charge is -2.29. The Kier molecular flexibility index (Phi) is 6.55. The van der Waals surface area contributed by atoms with E-state index in [-0.39, 0.29) is 30.9 Å². The Labute approximate surface area is 190 Å². The molecule has 1 N–H and O–H groups in total. The van der Waals surface area contributed by atoms with Gasteiger partial charge in [-0.05, 0) is 50.2 Å². The monoisotopic (exact) mass is 449 g/mol. The Hall–Kier alpha value is -3.92. The van der Waals surface area contributed by atoms with Crippen LogP contribution in [0.1, 0.15) is 22.8 Å². The highest BCUT2D eigenvalue weighted by Crippen LogP contribution is 2.20. The van der Waals surface area contributed by atoms with Crippen molar-refractivity contribution in [3.05, 3.63) is 78.0 Å². The predicted molar refractivity (Wildman–Crippen MR) is 119 cm³/mol. The van der Waals surface area contributed by atoms with Crippen LogP contribution in [0.5, 0.6) is 0 Å². The number of halogens is 1. The summed E-state index contributed by atoms with van der Waals surface area (Å²) in [6, 6.07) is 11.2. The molecule has 1 amide bonds. The molecule has 0 radical (unpaired) electrons. The third kappa shape index (κ3) is 4.96. The highest BCUT2D eigenvalue weighted by atomic mass is 19.1. The zero-order chi connectivity index (χ0) is 23.4. The molecule has 2 aromatic carbocycles. The molecule has 2 aromatic heterocycles. The summed E-state index contributed by atoms with van der Waals surface area (Å²) in [5.74, 6) is -0.565. The van der Waals surface area contributed by atoms with Crippen LogP contribution in [0.3, 0.4) is 0 Å². The minimum Gasteiger partial charge on any atom is -0.395 e. The minimum absolute atomic E-state index is 0.152. The first-order chi connectivity index (χ1) is 16.0. The van der Waals surface area contributed by atoms with Crippen molar-refractivity contribution in [2.45, 2.75) is 26.4 Å². The molecule has 0 saturated heterocycles. The van der Waals surface area contributed by atoms with E-state index in [1.807, 2.05) is 19.9 Å². The number of benzene rings is 2. The summed E-state index contributed by atoms with van der Waals surface area (Å²) in [5, 5.41) is 26.3. The first-order valence-electron chi connectivity index (χ1n) is 10.5. The molecule has 0 aliphatic rings. The van der Waals surface area contributed by atoms with E-state index < -0.39 is 0 Å². The maximum atomic E-state index is 13.6. The zero-order valence-corrected chi connectivity index (χ0v) is 18.3. The van der Waals surface area contributed by atoms with Gasteiger partial charge in [0.15, 0.2) is 0 Å². The molecule has 0 aliphatic carbocycles. The molecule has 0 saturated carbocycles. The molecule has 0 fully saturated rings. The molecule has 9 nitrogen and oxygen atoms in total. The fourth-order valence-corrected chi connectivity index (χ4v) is 3.63. The van der Waals surface area contributed by atoms with Crippen molar-refractivity contribution >= 4 is 5.91 Å². The number of amides is 1. The molecule has 170 valence electrons. The quantitative estimate of drug-likeness (QED) is 0.444. The number of aliphatic hydroxyl groups is 1. The van der Waals surface area contributed by atoms with E-state index in [4.69, 9.17) is 0 Å². The maximum Gasteiger partial charge on any atom is 0.256 e. The summed E-state index contributed by atoms with van der Waals surface area (Å²) in [6.07, 6.45) is 4.84. The van der Waals surface area contributed by atoms with E-state index >= 15 is 0 Å². The number of hydrogen-bond donors (Lipinski definition) is 1. The molecule has 4 aromatic rings. The van der Waals surface area contributed by atoms with E-state index in [0.29, 0.717) is 23.5 Å². The van der Waals surface area contributed by atoms with Crippen molar-refractivity contribution in [2.24, 2.45) is 0 Å². The van der Waals surface area contributed by atoms with Crippen LogP contribution in [0, 0.1) is 12.7 Å². The SMILES string of the molecule is Cc1ccc(-n2nccn2)c(C(=O)N(CCO)[C@@H](C)Cn2cc(-c3ccc(F)cc3)nn2)c1. The van der Waals surface area contributed by atoms with Gasteiger partial charge in [0.1, 0.15) is 11.5 Å². The lowest BCUT2D eigenvalue weighted by molar-refractivity contribution is 0.0627. The topological polar surface area (TPSA) is 102 Å². The smallest absolute Gasteiger partial charge is 0.256 e. The maximum absolute atomic E-state index is 13.6. The number of nitrogens with zero attached hydrogens (tertiary/aromatic N) is 7. The van der Waals surface area contributed by atoms with Gasteiger partial charge in [-0.25, -0.2) is 9.07 Å². The van der Waals surface area contributed by atoms with Gasteiger partial charge in [-0.3, -0.25) is 4.79 Å². The van der Waals surface area contributed by atoms with Crippen LogP contribution in [-0.4, -0.2) is 65.1 Å². The van der Waals surface area contributed by atoms with Crippen LogP contribution in [0.2, 0.25) is 0 Å². The fraction of sp³-hybridized carbons (Fsp3) is 0.261. The van der Waals surface area contributed by atoms with Gasteiger partial charge in [-0.2, -0.15) is 15.0 Å². The molecule has 4 rings (SSSR count). The molecule has 0 bridgehead atoms. The van der Waals surface area contributed by atoms with Crippen molar-refractivity contribution in [1.29, 1.82) is 0 Å².